The van der Waals surface area contributed by atoms with Gasteiger partial charge in [-0.05, 0) is 0 Å². The highest BCUT2D eigenvalue weighted by atomic mass is 32.1. The van der Waals surface area contributed by atoms with E-state index in [2.05, 4.69) is 20.6 Å². The Hall–Kier alpha value is -2.45. The number of urea groups is 1. The minimum absolute atomic E-state index is 0.329. The zero-order valence-corrected chi connectivity index (χ0v) is 13.3. The van der Waals surface area contributed by atoms with E-state index in [1.54, 1.807) is 7.05 Å². The van der Waals surface area contributed by atoms with Crippen molar-refractivity contribution in [2.75, 3.05) is 18.1 Å². The number of carbonyl (C=O) groups is 1. The topological polar surface area (TPSA) is 92.9 Å². The third-order valence-electron chi connectivity index (χ3n) is 2.87. The number of anilines is 2. The van der Waals surface area contributed by atoms with Crippen molar-refractivity contribution in [3.63, 3.8) is 0 Å². The molecular weight excluding hydrogens is 318 g/mol. The second-order valence-corrected chi connectivity index (χ2v) is 6.20. The van der Waals surface area contributed by atoms with Crippen LogP contribution in [-0.2, 0) is 0 Å². The number of nitrogen functional groups attached to an aromatic ring is 1. The molecule has 2 heterocycles. The second-order valence-electron chi connectivity index (χ2n) is 4.34. The minimum Gasteiger partial charge on any atom is -0.382 e. The van der Waals surface area contributed by atoms with Gasteiger partial charge in [-0.2, -0.15) is 0 Å². The van der Waals surface area contributed by atoms with Crippen LogP contribution in [0.1, 0.15) is 0 Å². The normalized spacial score (nSPS) is 10.4. The predicted octanol–water partition coefficient (Wildman–Crippen LogP) is 3.27. The summed E-state index contributed by atoms with van der Waals surface area (Å²) in [6, 6.07) is 9.60. The molecule has 8 heteroatoms. The number of benzene rings is 1. The number of thiazole rings is 2. The number of nitrogens with one attached hydrogen (secondary N) is 2. The molecule has 2 amide bonds. The molecule has 3 rings (SSSR count). The molecule has 22 heavy (non-hydrogen) atoms. The zero-order valence-electron chi connectivity index (χ0n) is 11.7. The predicted molar refractivity (Wildman–Crippen MR) is 91.1 cm³/mol. The number of hydrogen-bond donors (Lipinski definition) is 3. The van der Waals surface area contributed by atoms with Crippen molar-refractivity contribution in [2.24, 2.45) is 0 Å². The van der Waals surface area contributed by atoms with E-state index in [1.165, 1.54) is 22.7 Å². The van der Waals surface area contributed by atoms with E-state index in [0.717, 1.165) is 21.1 Å². The summed E-state index contributed by atoms with van der Waals surface area (Å²) >= 11 is 2.81. The van der Waals surface area contributed by atoms with Crippen LogP contribution in [0.3, 0.4) is 0 Å². The van der Waals surface area contributed by atoms with Gasteiger partial charge in [0.15, 0.2) is 5.13 Å². The quantitative estimate of drug-likeness (QED) is 0.687. The number of amides is 2. The van der Waals surface area contributed by atoms with Gasteiger partial charge in [0, 0.05) is 18.0 Å². The van der Waals surface area contributed by atoms with Crippen molar-refractivity contribution < 1.29 is 4.79 Å². The van der Waals surface area contributed by atoms with Crippen LogP contribution in [0.25, 0.3) is 21.1 Å². The molecule has 0 radical (unpaired) electrons. The number of aromatic nitrogens is 2. The number of carbonyl (C=O) groups excluding carboxylic acids is 1. The summed E-state index contributed by atoms with van der Waals surface area (Å²) in [5.41, 5.74) is 7.88. The van der Waals surface area contributed by atoms with Gasteiger partial charge < -0.3 is 11.1 Å². The van der Waals surface area contributed by atoms with Crippen LogP contribution >= 0.6 is 22.7 Å². The largest absolute Gasteiger partial charge is 0.382 e. The Bertz CT molecular complexity index is 797. The van der Waals surface area contributed by atoms with E-state index in [0.29, 0.717) is 10.9 Å². The molecule has 0 bridgehead atoms. The fourth-order valence-electron chi connectivity index (χ4n) is 1.82. The third kappa shape index (κ3) is 2.92. The third-order valence-corrected chi connectivity index (χ3v) is 4.85. The van der Waals surface area contributed by atoms with Crippen molar-refractivity contribution in [1.82, 2.24) is 15.3 Å². The first-order chi connectivity index (χ1) is 10.7. The molecule has 0 unspecified atom stereocenters. The summed E-state index contributed by atoms with van der Waals surface area (Å²) in [5, 5.41) is 8.31. The molecule has 1 aromatic carbocycles. The Morgan fingerprint density at radius 1 is 1.23 bits per heavy atom. The standard InChI is InChI=1S/C14H13N5OS2/c1-16-13(20)19-14-18-11(15)10(22-14)12-17-9(7-21-12)8-5-3-2-4-6-8/h2-7H,15H2,1H3,(H2,16,18,19,20). The molecule has 6 nitrogen and oxygen atoms in total. The summed E-state index contributed by atoms with van der Waals surface area (Å²) in [7, 11) is 1.54. The van der Waals surface area contributed by atoms with E-state index in [1.807, 2.05) is 35.7 Å². The summed E-state index contributed by atoms with van der Waals surface area (Å²) in [6.07, 6.45) is 0. The molecule has 0 saturated heterocycles. The van der Waals surface area contributed by atoms with Crippen molar-refractivity contribution in [3.8, 4) is 21.1 Å². The average Bonchev–Trinajstić information content (AvgIpc) is 3.14. The van der Waals surface area contributed by atoms with Crippen molar-refractivity contribution in [1.29, 1.82) is 0 Å². The molecule has 2 aromatic heterocycles. The lowest BCUT2D eigenvalue weighted by Gasteiger charge is -1.97. The van der Waals surface area contributed by atoms with E-state index < -0.39 is 0 Å². The number of rotatable bonds is 3. The summed E-state index contributed by atoms with van der Waals surface area (Å²) in [4.78, 5) is 20.8. The highest BCUT2D eigenvalue weighted by Gasteiger charge is 2.15. The van der Waals surface area contributed by atoms with Crippen LogP contribution in [0.2, 0.25) is 0 Å². The molecule has 0 aliphatic heterocycles. The minimum atomic E-state index is -0.329. The highest BCUT2D eigenvalue weighted by molar-refractivity contribution is 7.23. The van der Waals surface area contributed by atoms with Gasteiger partial charge in [0.2, 0.25) is 0 Å². The summed E-state index contributed by atoms with van der Waals surface area (Å²) in [5.74, 6) is 0.366. The van der Waals surface area contributed by atoms with Crippen molar-refractivity contribution in [2.45, 2.75) is 0 Å². The van der Waals surface area contributed by atoms with Crippen molar-refractivity contribution >= 4 is 39.7 Å². The van der Waals surface area contributed by atoms with Crippen LogP contribution < -0.4 is 16.4 Å². The van der Waals surface area contributed by atoms with E-state index >= 15 is 0 Å². The molecule has 0 aliphatic carbocycles. The van der Waals surface area contributed by atoms with Crippen molar-refractivity contribution in [3.05, 3.63) is 35.7 Å². The maximum Gasteiger partial charge on any atom is 0.320 e. The molecule has 0 fully saturated rings. The second kappa shape index (κ2) is 6.12. The summed E-state index contributed by atoms with van der Waals surface area (Å²) in [6.45, 7) is 0. The van der Waals surface area contributed by atoms with Crippen LogP contribution in [0.5, 0.6) is 0 Å². The number of nitrogens with two attached hydrogens (primary N) is 1. The lowest BCUT2D eigenvalue weighted by Crippen LogP contribution is -2.24. The molecule has 0 aliphatic rings. The maximum atomic E-state index is 11.3. The van der Waals surface area contributed by atoms with Crippen LogP contribution in [0.4, 0.5) is 15.7 Å². The Morgan fingerprint density at radius 3 is 2.73 bits per heavy atom. The number of hydrogen-bond acceptors (Lipinski definition) is 6. The number of nitrogens with zero attached hydrogens (tertiary/aromatic N) is 2. The van der Waals surface area contributed by atoms with Gasteiger partial charge >= 0.3 is 6.03 Å². The first-order valence-electron chi connectivity index (χ1n) is 6.43. The van der Waals surface area contributed by atoms with Gasteiger partial charge in [-0.1, -0.05) is 41.7 Å². The smallest absolute Gasteiger partial charge is 0.320 e. The van der Waals surface area contributed by atoms with E-state index in [9.17, 15) is 4.79 Å². The molecule has 0 spiro atoms. The van der Waals surface area contributed by atoms with Gasteiger partial charge in [0.05, 0.1) is 5.69 Å². The summed E-state index contributed by atoms with van der Waals surface area (Å²) < 4.78 is 0. The first kappa shape index (κ1) is 14.5. The van der Waals surface area contributed by atoms with Crippen LogP contribution in [0, 0.1) is 0 Å². The van der Waals surface area contributed by atoms with Gasteiger partial charge in [0.25, 0.3) is 0 Å². The lowest BCUT2D eigenvalue weighted by molar-refractivity contribution is 0.254. The Labute approximate surface area is 135 Å². The fraction of sp³-hybridized carbons (Fsp3) is 0.0714. The Kier molecular flexibility index (Phi) is 4.03. The Balaban J connectivity index is 1.89. The molecule has 4 N–H and O–H groups in total. The molecule has 0 saturated carbocycles. The fourth-order valence-corrected chi connectivity index (χ4v) is 3.63. The van der Waals surface area contributed by atoms with Gasteiger partial charge in [-0.15, -0.1) is 11.3 Å². The maximum absolute atomic E-state index is 11.3. The molecule has 3 aromatic rings. The van der Waals surface area contributed by atoms with E-state index in [4.69, 9.17) is 5.73 Å². The molecule has 0 atom stereocenters. The van der Waals surface area contributed by atoms with Crippen LogP contribution in [-0.4, -0.2) is 23.0 Å². The zero-order chi connectivity index (χ0) is 15.5. The first-order valence-corrected chi connectivity index (χ1v) is 8.13. The van der Waals surface area contributed by atoms with Gasteiger partial charge in [0.1, 0.15) is 15.7 Å². The average molecular weight is 331 g/mol. The SMILES string of the molecule is CNC(=O)Nc1nc(N)c(-c2nc(-c3ccccc3)cs2)s1. The van der Waals surface area contributed by atoms with Gasteiger partial charge in [-0.3, -0.25) is 5.32 Å². The highest BCUT2D eigenvalue weighted by Crippen LogP contribution is 2.38. The van der Waals surface area contributed by atoms with Crippen LogP contribution in [0.15, 0.2) is 35.7 Å². The Morgan fingerprint density at radius 2 is 2.00 bits per heavy atom. The monoisotopic (exact) mass is 331 g/mol. The molecule has 112 valence electrons. The lowest BCUT2D eigenvalue weighted by atomic mass is 10.2. The molecular formula is C14H13N5OS2. The van der Waals surface area contributed by atoms with E-state index in [-0.39, 0.29) is 6.03 Å². The van der Waals surface area contributed by atoms with Gasteiger partial charge in [-0.25, -0.2) is 14.8 Å².